The van der Waals surface area contributed by atoms with E-state index in [9.17, 15) is 9.59 Å². The Morgan fingerprint density at radius 2 is 2.12 bits per heavy atom. The van der Waals surface area contributed by atoms with Crippen molar-refractivity contribution in [1.29, 1.82) is 0 Å². The van der Waals surface area contributed by atoms with E-state index in [2.05, 4.69) is 5.92 Å². The number of benzene rings is 1. The number of esters is 1. The monoisotopic (exact) mass is 228 g/mol. The molecule has 0 saturated heterocycles. The number of hydrogen-bond acceptors (Lipinski definition) is 4. The van der Waals surface area contributed by atoms with Crippen molar-refractivity contribution in [1.82, 2.24) is 0 Å². The quantitative estimate of drug-likeness (QED) is 0.445. The Bertz CT molecular complexity index is 661. The second kappa shape index (κ2) is 4.54. The highest BCUT2D eigenvalue weighted by atomic mass is 16.5. The number of terminal acetylenes is 1. The Morgan fingerprint density at radius 1 is 1.35 bits per heavy atom. The zero-order valence-electron chi connectivity index (χ0n) is 8.80. The van der Waals surface area contributed by atoms with Gasteiger partial charge in [-0.15, -0.1) is 6.42 Å². The number of ether oxygens (including phenoxy) is 1. The summed E-state index contributed by atoms with van der Waals surface area (Å²) in [5, 5.41) is 0.734. The van der Waals surface area contributed by atoms with E-state index in [0.717, 1.165) is 5.39 Å². The standard InChI is InChI=1S/C13H8O4/c1-2-7-16-13(15)10-4-3-9-5-6-12(14)17-11(9)8-10/h1,3-6,8H,7H2. The van der Waals surface area contributed by atoms with E-state index < -0.39 is 11.6 Å². The third-order valence-electron chi connectivity index (χ3n) is 2.15. The van der Waals surface area contributed by atoms with Crippen LogP contribution in [0.25, 0.3) is 11.0 Å². The first-order chi connectivity index (χ1) is 8.20. The molecule has 0 bridgehead atoms. The van der Waals surface area contributed by atoms with Crippen molar-refractivity contribution in [3.05, 3.63) is 46.3 Å². The van der Waals surface area contributed by atoms with Gasteiger partial charge in [-0.05, 0) is 18.2 Å². The molecule has 1 aromatic heterocycles. The Morgan fingerprint density at radius 3 is 2.88 bits per heavy atom. The Labute approximate surface area is 96.8 Å². The molecule has 17 heavy (non-hydrogen) atoms. The molecule has 4 nitrogen and oxygen atoms in total. The third kappa shape index (κ3) is 2.34. The summed E-state index contributed by atoms with van der Waals surface area (Å²) in [5.74, 6) is 1.65. The summed E-state index contributed by atoms with van der Waals surface area (Å²) in [4.78, 5) is 22.5. The van der Waals surface area contributed by atoms with Gasteiger partial charge in [-0.25, -0.2) is 9.59 Å². The van der Waals surface area contributed by atoms with E-state index >= 15 is 0 Å². The van der Waals surface area contributed by atoms with E-state index in [1.165, 1.54) is 12.1 Å². The fourth-order valence-corrected chi connectivity index (χ4v) is 1.38. The van der Waals surface area contributed by atoms with Crippen LogP contribution in [0.4, 0.5) is 0 Å². The van der Waals surface area contributed by atoms with Gasteiger partial charge in [-0.3, -0.25) is 0 Å². The molecular formula is C13H8O4. The molecule has 0 radical (unpaired) electrons. The van der Waals surface area contributed by atoms with E-state index in [-0.39, 0.29) is 6.61 Å². The maximum atomic E-state index is 11.5. The highest BCUT2D eigenvalue weighted by Gasteiger charge is 2.08. The first-order valence-electron chi connectivity index (χ1n) is 4.85. The minimum Gasteiger partial charge on any atom is -0.449 e. The van der Waals surface area contributed by atoms with Crippen molar-refractivity contribution in [3.63, 3.8) is 0 Å². The second-order valence-corrected chi connectivity index (χ2v) is 3.29. The Hall–Kier alpha value is -2.54. The fourth-order valence-electron chi connectivity index (χ4n) is 1.38. The summed E-state index contributed by atoms with van der Waals surface area (Å²) < 4.78 is 9.71. The zero-order valence-corrected chi connectivity index (χ0v) is 8.80. The lowest BCUT2D eigenvalue weighted by atomic mass is 10.1. The molecule has 2 rings (SSSR count). The molecule has 2 aromatic rings. The molecule has 1 heterocycles. The van der Waals surface area contributed by atoms with Gasteiger partial charge in [-0.2, -0.15) is 0 Å². The highest BCUT2D eigenvalue weighted by Crippen LogP contribution is 2.14. The summed E-state index contributed by atoms with van der Waals surface area (Å²) in [7, 11) is 0. The molecule has 4 heteroatoms. The van der Waals surface area contributed by atoms with E-state index in [4.69, 9.17) is 15.6 Å². The fraction of sp³-hybridized carbons (Fsp3) is 0.0769. The van der Waals surface area contributed by atoms with Gasteiger partial charge in [0, 0.05) is 11.5 Å². The third-order valence-corrected chi connectivity index (χ3v) is 2.15. The molecule has 0 aliphatic rings. The molecule has 0 aliphatic heterocycles. The van der Waals surface area contributed by atoms with Crippen molar-refractivity contribution in [3.8, 4) is 12.3 Å². The summed E-state index contributed by atoms with van der Waals surface area (Å²) in [5.41, 5.74) is 0.168. The van der Waals surface area contributed by atoms with Crippen molar-refractivity contribution in [2.24, 2.45) is 0 Å². The molecule has 0 atom stereocenters. The molecule has 84 valence electrons. The minimum absolute atomic E-state index is 0.0877. The van der Waals surface area contributed by atoms with Gasteiger partial charge in [0.2, 0.25) is 0 Å². The van der Waals surface area contributed by atoms with Gasteiger partial charge in [0.1, 0.15) is 5.58 Å². The van der Waals surface area contributed by atoms with Crippen LogP contribution < -0.4 is 5.63 Å². The molecule has 0 saturated carbocycles. The first-order valence-corrected chi connectivity index (χ1v) is 4.85. The summed E-state index contributed by atoms with van der Waals surface area (Å²) in [6.45, 7) is -0.0877. The predicted octanol–water partition coefficient (Wildman–Crippen LogP) is 1.58. The molecular weight excluding hydrogens is 220 g/mol. The number of rotatable bonds is 2. The van der Waals surface area contributed by atoms with Crippen molar-refractivity contribution in [2.45, 2.75) is 0 Å². The normalized spacial score (nSPS) is 9.82. The van der Waals surface area contributed by atoms with E-state index in [0.29, 0.717) is 11.1 Å². The molecule has 0 N–H and O–H groups in total. The van der Waals surface area contributed by atoms with E-state index in [1.54, 1.807) is 18.2 Å². The lowest BCUT2D eigenvalue weighted by molar-refractivity contribution is 0.0557. The minimum atomic E-state index is -0.545. The van der Waals surface area contributed by atoms with E-state index in [1.807, 2.05) is 0 Å². The molecule has 0 aliphatic carbocycles. The predicted molar refractivity (Wildman–Crippen MR) is 61.6 cm³/mol. The highest BCUT2D eigenvalue weighted by molar-refractivity contribution is 5.93. The van der Waals surface area contributed by atoms with Crippen LogP contribution in [0.2, 0.25) is 0 Å². The van der Waals surface area contributed by atoms with Crippen LogP contribution >= 0.6 is 0 Å². The molecule has 1 aromatic carbocycles. The maximum Gasteiger partial charge on any atom is 0.339 e. The van der Waals surface area contributed by atoms with Gasteiger partial charge in [0.15, 0.2) is 6.61 Å². The van der Waals surface area contributed by atoms with Gasteiger partial charge in [0.05, 0.1) is 5.56 Å². The molecule has 0 spiro atoms. The lowest BCUT2D eigenvalue weighted by Crippen LogP contribution is -2.05. The van der Waals surface area contributed by atoms with Crippen LogP contribution in [0.5, 0.6) is 0 Å². The number of hydrogen-bond donors (Lipinski definition) is 0. The first kappa shape index (κ1) is 11.0. The molecule has 0 fully saturated rings. The average molecular weight is 228 g/mol. The summed E-state index contributed by atoms with van der Waals surface area (Å²) in [6, 6.07) is 7.65. The lowest BCUT2D eigenvalue weighted by Gasteiger charge is -2.01. The van der Waals surface area contributed by atoms with Gasteiger partial charge in [-0.1, -0.05) is 12.0 Å². The SMILES string of the molecule is C#CCOC(=O)c1ccc2ccc(=O)oc2c1. The molecule has 0 unspecified atom stereocenters. The average Bonchev–Trinajstić information content (AvgIpc) is 2.35. The maximum absolute atomic E-state index is 11.5. The van der Waals surface area contributed by atoms with Gasteiger partial charge in [0.25, 0.3) is 0 Å². The van der Waals surface area contributed by atoms with Crippen LogP contribution in [0.3, 0.4) is 0 Å². The van der Waals surface area contributed by atoms with Crippen LogP contribution in [0, 0.1) is 12.3 Å². The van der Waals surface area contributed by atoms with Gasteiger partial charge >= 0.3 is 11.6 Å². The van der Waals surface area contributed by atoms with Crippen LogP contribution in [-0.2, 0) is 4.74 Å². The Balaban J connectivity index is 2.40. The van der Waals surface area contributed by atoms with Crippen molar-refractivity contribution < 1.29 is 13.9 Å². The topological polar surface area (TPSA) is 56.5 Å². The van der Waals surface area contributed by atoms with Crippen LogP contribution in [-0.4, -0.2) is 12.6 Å². The smallest absolute Gasteiger partial charge is 0.339 e. The summed E-state index contributed by atoms with van der Waals surface area (Å²) in [6.07, 6.45) is 4.98. The number of carbonyl (C=O) groups is 1. The Kier molecular flexibility index (Phi) is 2.93. The summed E-state index contributed by atoms with van der Waals surface area (Å²) >= 11 is 0. The van der Waals surface area contributed by atoms with Crippen LogP contribution in [0.1, 0.15) is 10.4 Å². The molecule has 0 amide bonds. The second-order valence-electron chi connectivity index (χ2n) is 3.29. The zero-order chi connectivity index (χ0) is 12.3. The van der Waals surface area contributed by atoms with Crippen molar-refractivity contribution in [2.75, 3.05) is 6.61 Å². The number of fused-ring (bicyclic) bond motifs is 1. The van der Waals surface area contributed by atoms with Gasteiger partial charge < -0.3 is 9.15 Å². The largest absolute Gasteiger partial charge is 0.449 e. The number of carbonyl (C=O) groups excluding carboxylic acids is 1. The van der Waals surface area contributed by atoms with Crippen LogP contribution in [0.15, 0.2) is 39.5 Å². The van der Waals surface area contributed by atoms with Crippen molar-refractivity contribution >= 4 is 16.9 Å².